The van der Waals surface area contributed by atoms with Crippen molar-refractivity contribution >= 4 is 38.5 Å². The summed E-state index contributed by atoms with van der Waals surface area (Å²) in [6, 6.07) is 3.69. The number of rotatable bonds is 6. The van der Waals surface area contributed by atoms with E-state index in [-0.39, 0.29) is 23.3 Å². The first-order chi connectivity index (χ1) is 12.7. The molecule has 28 heavy (non-hydrogen) atoms. The monoisotopic (exact) mass is 418 g/mol. The molecule has 0 aliphatic rings. The van der Waals surface area contributed by atoms with E-state index in [0.717, 1.165) is 17.4 Å². The molecule has 7 nitrogen and oxygen atoms in total. The number of amides is 2. The summed E-state index contributed by atoms with van der Waals surface area (Å²) in [7, 11) is 0. The fourth-order valence-corrected chi connectivity index (χ4v) is 2.90. The van der Waals surface area contributed by atoms with Crippen LogP contribution < -0.4 is 21.1 Å². The van der Waals surface area contributed by atoms with Gasteiger partial charge in [-0.15, -0.1) is 13.2 Å². The predicted molar refractivity (Wildman–Crippen MR) is 100.0 cm³/mol. The zero-order valence-corrected chi connectivity index (χ0v) is 16.5. The first kappa shape index (κ1) is 21.9. The summed E-state index contributed by atoms with van der Waals surface area (Å²) in [6.07, 6.45) is -4.80. The SMILES string of the molecule is CC(C)(CN)C(=O)NC(C)(C)C(=O)Nc1nc2ccc(OC(F)(F)F)cc2s1. The molecule has 0 unspecified atom stereocenters. The minimum Gasteiger partial charge on any atom is -0.406 e. The van der Waals surface area contributed by atoms with Crippen molar-refractivity contribution in [2.45, 2.75) is 39.6 Å². The molecule has 2 aromatic rings. The molecular weight excluding hydrogens is 397 g/mol. The third-order valence-corrected chi connectivity index (χ3v) is 4.87. The second kappa shape index (κ2) is 7.55. The minimum atomic E-state index is -4.80. The number of nitrogens with two attached hydrogens (primary N) is 1. The van der Waals surface area contributed by atoms with Gasteiger partial charge in [0, 0.05) is 12.6 Å². The molecule has 1 aromatic carbocycles. The number of aromatic nitrogens is 1. The summed E-state index contributed by atoms with van der Waals surface area (Å²) in [6.45, 7) is 6.47. The van der Waals surface area contributed by atoms with Crippen LogP contribution in [0.5, 0.6) is 5.75 Å². The van der Waals surface area contributed by atoms with E-state index in [1.807, 2.05) is 0 Å². The fraction of sp³-hybridized carbons (Fsp3) is 0.471. The Morgan fingerprint density at radius 1 is 1.18 bits per heavy atom. The van der Waals surface area contributed by atoms with Crippen LogP contribution in [0.2, 0.25) is 0 Å². The van der Waals surface area contributed by atoms with E-state index in [0.29, 0.717) is 10.2 Å². The second-order valence-electron chi connectivity index (χ2n) is 7.32. The number of nitrogens with one attached hydrogen (secondary N) is 2. The highest BCUT2D eigenvalue weighted by Crippen LogP contribution is 2.32. The zero-order chi connectivity index (χ0) is 21.3. The maximum atomic E-state index is 12.6. The highest BCUT2D eigenvalue weighted by Gasteiger charge is 2.35. The maximum Gasteiger partial charge on any atom is 0.573 e. The van der Waals surface area contributed by atoms with E-state index in [2.05, 4.69) is 20.4 Å². The Kier molecular flexibility index (Phi) is 5.90. The quantitative estimate of drug-likeness (QED) is 0.669. The van der Waals surface area contributed by atoms with E-state index in [4.69, 9.17) is 5.73 Å². The number of carbonyl (C=O) groups is 2. The number of hydrogen-bond acceptors (Lipinski definition) is 6. The van der Waals surface area contributed by atoms with Crippen molar-refractivity contribution in [3.8, 4) is 5.75 Å². The van der Waals surface area contributed by atoms with Crippen LogP contribution in [-0.4, -0.2) is 35.2 Å². The van der Waals surface area contributed by atoms with Crippen LogP contribution >= 0.6 is 11.3 Å². The van der Waals surface area contributed by atoms with E-state index in [9.17, 15) is 22.8 Å². The molecule has 0 aliphatic carbocycles. The van der Waals surface area contributed by atoms with E-state index in [1.165, 1.54) is 26.0 Å². The maximum absolute atomic E-state index is 12.6. The molecule has 0 aliphatic heterocycles. The Morgan fingerprint density at radius 2 is 1.82 bits per heavy atom. The molecular formula is C17H21F3N4O3S. The molecule has 4 N–H and O–H groups in total. The van der Waals surface area contributed by atoms with Gasteiger partial charge < -0.3 is 15.8 Å². The lowest BCUT2D eigenvalue weighted by molar-refractivity contribution is -0.274. The molecule has 0 bridgehead atoms. The highest BCUT2D eigenvalue weighted by atomic mass is 32.1. The van der Waals surface area contributed by atoms with Gasteiger partial charge in [0.25, 0.3) is 5.91 Å². The summed E-state index contributed by atoms with van der Waals surface area (Å²) in [4.78, 5) is 29.0. The van der Waals surface area contributed by atoms with Gasteiger partial charge in [0.05, 0.1) is 15.6 Å². The summed E-state index contributed by atoms with van der Waals surface area (Å²) >= 11 is 0.988. The number of carbonyl (C=O) groups excluding carboxylic acids is 2. The van der Waals surface area contributed by atoms with Gasteiger partial charge in [0.2, 0.25) is 5.91 Å². The molecule has 1 heterocycles. The Morgan fingerprint density at radius 3 is 2.39 bits per heavy atom. The lowest BCUT2D eigenvalue weighted by Crippen LogP contribution is -2.56. The van der Waals surface area contributed by atoms with Crippen LogP contribution in [0.25, 0.3) is 10.2 Å². The van der Waals surface area contributed by atoms with Gasteiger partial charge >= 0.3 is 6.36 Å². The molecule has 0 saturated carbocycles. The van der Waals surface area contributed by atoms with Gasteiger partial charge in [-0.05, 0) is 39.8 Å². The van der Waals surface area contributed by atoms with Crippen LogP contribution in [0, 0.1) is 5.41 Å². The number of ether oxygens (including phenoxy) is 1. The van der Waals surface area contributed by atoms with Gasteiger partial charge in [-0.25, -0.2) is 4.98 Å². The molecule has 0 fully saturated rings. The van der Waals surface area contributed by atoms with Crippen LogP contribution in [0.4, 0.5) is 18.3 Å². The second-order valence-corrected chi connectivity index (χ2v) is 8.35. The Balaban J connectivity index is 2.14. The van der Waals surface area contributed by atoms with Crippen molar-refractivity contribution in [2.24, 2.45) is 11.1 Å². The van der Waals surface area contributed by atoms with Crippen molar-refractivity contribution in [2.75, 3.05) is 11.9 Å². The Bertz CT molecular complexity index is 893. The van der Waals surface area contributed by atoms with Crippen LogP contribution in [0.1, 0.15) is 27.7 Å². The Hall–Kier alpha value is -2.40. The fourth-order valence-electron chi connectivity index (χ4n) is 2.01. The minimum absolute atomic E-state index is 0.108. The number of fused-ring (bicyclic) bond motifs is 1. The number of halogens is 3. The molecule has 0 radical (unpaired) electrons. The number of benzene rings is 1. The lowest BCUT2D eigenvalue weighted by Gasteiger charge is -2.30. The number of hydrogen-bond donors (Lipinski definition) is 3. The van der Waals surface area contributed by atoms with Crippen LogP contribution in [0.3, 0.4) is 0 Å². The predicted octanol–water partition coefficient (Wildman–Crippen LogP) is 3.01. The molecule has 0 saturated heterocycles. The molecule has 11 heteroatoms. The van der Waals surface area contributed by atoms with Gasteiger partial charge in [0.15, 0.2) is 5.13 Å². The van der Waals surface area contributed by atoms with Gasteiger partial charge in [-0.2, -0.15) is 0 Å². The molecule has 154 valence electrons. The number of thiazole rings is 1. The average molecular weight is 418 g/mol. The van der Waals surface area contributed by atoms with Crippen molar-refractivity contribution < 1.29 is 27.5 Å². The molecule has 2 amide bonds. The standard InChI is InChI=1S/C17H21F3N4O3S/c1-15(2,8-21)12(25)24-16(3,4)13(26)23-14-22-10-6-5-9(7-11(10)28-14)27-17(18,19)20/h5-7H,8,21H2,1-4H3,(H,24,25)(H,22,23,26). The third kappa shape index (κ3) is 5.32. The summed E-state index contributed by atoms with van der Waals surface area (Å²) in [5, 5.41) is 5.40. The van der Waals surface area contributed by atoms with E-state index in [1.54, 1.807) is 13.8 Å². The van der Waals surface area contributed by atoms with Crippen molar-refractivity contribution in [3.05, 3.63) is 18.2 Å². The zero-order valence-electron chi connectivity index (χ0n) is 15.7. The highest BCUT2D eigenvalue weighted by molar-refractivity contribution is 7.22. The van der Waals surface area contributed by atoms with E-state index >= 15 is 0 Å². The van der Waals surface area contributed by atoms with Crippen LogP contribution in [-0.2, 0) is 9.59 Å². The van der Waals surface area contributed by atoms with Gasteiger partial charge in [-0.1, -0.05) is 11.3 Å². The van der Waals surface area contributed by atoms with E-state index < -0.39 is 23.2 Å². The smallest absolute Gasteiger partial charge is 0.406 e. The number of nitrogens with zero attached hydrogens (tertiary/aromatic N) is 1. The lowest BCUT2D eigenvalue weighted by atomic mass is 9.90. The topological polar surface area (TPSA) is 106 Å². The van der Waals surface area contributed by atoms with Crippen molar-refractivity contribution in [3.63, 3.8) is 0 Å². The van der Waals surface area contributed by atoms with Crippen molar-refractivity contribution in [1.29, 1.82) is 0 Å². The molecule has 2 rings (SSSR count). The summed E-state index contributed by atoms with van der Waals surface area (Å²) < 4.78 is 41.3. The number of alkyl halides is 3. The van der Waals surface area contributed by atoms with Crippen molar-refractivity contribution in [1.82, 2.24) is 10.3 Å². The summed E-state index contributed by atoms with van der Waals surface area (Å²) in [5.74, 6) is -1.29. The largest absolute Gasteiger partial charge is 0.573 e. The first-order valence-electron chi connectivity index (χ1n) is 8.24. The normalized spacial score (nSPS) is 12.7. The summed E-state index contributed by atoms with van der Waals surface area (Å²) in [5.41, 5.74) is 3.87. The van der Waals surface area contributed by atoms with Crippen LogP contribution in [0.15, 0.2) is 18.2 Å². The average Bonchev–Trinajstić information content (AvgIpc) is 2.94. The molecule has 0 atom stereocenters. The Labute approximate surface area is 163 Å². The first-order valence-corrected chi connectivity index (χ1v) is 9.06. The molecule has 1 aromatic heterocycles. The van der Waals surface area contributed by atoms with Gasteiger partial charge in [-0.3, -0.25) is 14.9 Å². The number of anilines is 1. The molecule has 0 spiro atoms. The third-order valence-electron chi connectivity index (χ3n) is 3.93. The van der Waals surface area contributed by atoms with Gasteiger partial charge in [0.1, 0.15) is 11.3 Å².